The van der Waals surface area contributed by atoms with Crippen molar-refractivity contribution in [2.24, 2.45) is 5.41 Å². The van der Waals surface area contributed by atoms with Crippen molar-refractivity contribution in [3.63, 3.8) is 0 Å². The quantitative estimate of drug-likeness (QED) is 0.376. The minimum absolute atomic E-state index is 0.120. The Balaban J connectivity index is 1.13. The van der Waals surface area contributed by atoms with E-state index in [1.54, 1.807) is 19.2 Å². The normalized spacial score (nSPS) is 17.7. The summed E-state index contributed by atoms with van der Waals surface area (Å²) in [6, 6.07) is 23.3. The predicted molar refractivity (Wildman–Crippen MR) is 143 cm³/mol. The lowest BCUT2D eigenvalue weighted by atomic mass is 9.71. The second-order valence-corrected chi connectivity index (χ2v) is 10.4. The van der Waals surface area contributed by atoms with E-state index in [0.717, 1.165) is 68.4 Å². The Bertz CT molecular complexity index is 1180. The fraction of sp³-hybridized carbons (Fsp3) is 0.367. The van der Waals surface area contributed by atoms with Gasteiger partial charge < -0.3 is 14.4 Å². The van der Waals surface area contributed by atoms with Gasteiger partial charge in [-0.25, -0.2) is 0 Å². The summed E-state index contributed by atoms with van der Waals surface area (Å²) in [6.07, 6.45) is 4.55. The number of nitrogens with zero attached hydrogens (tertiary/aromatic N) is 2. The first kappa shape index (κ1) is 24.7. The van der Waals surface area contributed by atoms with Gasteiger partial charge in [0.25, 0.3) is 5.91 Å². The Hall–Kier alpha value is -3.02. The lowest BCUT2D eigenvalue weighted by molar-refractivity contribution is 0.0285. The van der Waals surface area contributed by atoms with Crippen molar-refractivity contribution in [3.05, 3.63) is 88.9 Å². The molecule has 1 spiro atoms. The average molecular weight is 505 g/mol. The number of carbonyl (C=O) groups is 1. The largest absolute Gasteiger partial charge is 0.493 e. The number of rotatable bonds is 6. The van der Waals surface area contributed by atoms with Gasteiger partial charge in [-0.1, -0.05) is 35.9 Å². The van der Waals surface area contributed by atoms with Crippen LogP contribution in [0.15, 0.2) is 72.8 Å². The van der Waals surface area contributed by atoms with E-state index in [2.05, 4.69) is 23.1 Å². The van der Waals surface area contributed by atoms with Crippen LogP contribution in [0.4, 0.5) is 0 Å². The molecule has 188 valence electrons. The molecule has 1 amide bonds. The van der Waals surface area contributed by atoms with E-state index in [1.165, 1.54) is 18.4 Å². The third kappa shape index (κ3) is 5.69. The van der Waals surface area contributed by atoms with Crippen LogP contribution in [0.1, 0.15) is 41.6 Å². The van der Waals surface area contributed by atoms with Gasteiger partial charge in [-0.05, 0) is 98.3 Å². The van der Waals surface area contributed by atoms with Crippen LogP contribution >= 0.6 is 11.6 Å². The molecular formula is C30H33ClN2O3. The fourth-order valence-corrected chi connectivity index (χ4v) is 5.57. The second-order valence-electron chi connectivity index (χ2n) is 9.98. The molecule has 5 nitrogen and oxygen atoms in total. The van der Waals surface area contributed by atoms with Gasteiger partial charge in [0.15, 0.2) is 11.5 Å². The van der Waals surface area contributed by atoms with Gasteiger partial charge in [-0.15, -0.1) is 0 Å². The van der Waals surface area contributed by atoms with E-state index in [-0.39, 0.29) is 5.91 Å². The zero-order valence-corrected chi connectivity index (χ0v) is 21.5. The van der Waals surface area contributed by atoms with Crippen molar-refractivity contribution >= 4 is 17.5 Å². The first-order valence-corrected chi connectivity index (χ1v) is 13.1. The number of ether oxygens (including phenoxy) is 2. The number of amides is 1. The molecule has 2 heterocycles. The highest BCUT2D eigenvalue weighted by molar-refractivity contribution is 6.30. The lowest BCUT2D eigenvalue weighted by Crippen LogP contribution is -2.48. The van der Waals surface area contributed by atoms with Gasteiger partial charge >= 0.3 is 0 Å². The number of hydrogen-bond donors (Lipinski definition) is 0. The van der Waals surface area contributed by atoms with E-state index in [9.17, 15) is 4.79 Å². The van der Waals surface area contributed by atoms with Gasteiger partial charge in [0.2, 0.25) is 0 Å². The highest BCUT2D eigenvalue weighted by Crippen LogP contribution is 2.42. The molecule has 6 heteroatoms. The van der Waals surface area contributed by atoms with Crippen LogP contribution in [0.3, 0.4) is 0 Å². The maximum atomic E-state index is 12.9. The van der Waals surface area contributed by atoms with E-state index in [0.29, 0.717) is 10.4 Å². The van der Waals surface area contributed by atoms with Gasteiger partial charge in [-0.3, -0.25) is 9.69 Å². The van der Waals surface area contributed by atoms with E-state index in [4.69, 9.17) is 21.1 Å². The number of hydrogen-bond acceptors (Lipinski definition) is 4. The third-order valence-electron chi connectivity index (χ3n) is 7.72. The molecular weight excluding hydrogens is 472 g/mol. The Morgan fingerprint density at radius 2 is 1.53 bits per heavy atom. The molecule has 2 aliphatic heterocycles. The predicted octanol–water partition coefficient (Wildman–Crippen LogP) is 6.66. The van der Waals surface area contributed by atoms with Gasteiger partial charge in [0.1, 0.15) is 5.75 Å². The zero-order chi connectivity index (χ0) is 25.0. The highest BCUT2D eigenvalue weighted by atomic mass is 35.5. The van der Waals surface area contributed by atoms with Gasteiger partial charge in [-0.2, -0.15) is 0 Å². The van der Waals surface area contributed by atoms with Crippen molar-refractivity contribution in [1.29, 1.82) is 0 Å². The van der Waals surface area contributed by atoms with Crippen LogP contribution < -0.4 is 9.47 Å². The summed E-state index contributed by atoms with van der Waals surface area (Å²) in [5, 5.41) is 0.659. The number of benzene rings is 3. The van der Waals surface area contributed by atoms with E-state index in [1.807, 2.05) is 47.4 Å². The van der Waals surface area contributed by atoms with Crippen molar-refractivity contribution in [2.45, 2.75) is 32.2 Å². The Labute approximate surface area is 218 Å². The molecule has 2 saturated heterocycles. The first-order valence-electron chi connectivity index (χ1n) is 12.7. The summed E-state index contributed by atoms with van der Waals surface area (Å²) < 4.78 is 11.5. The molecule has 3 aromatic carbocycles. The molecule has 2 fully saturated rings. The topological polar surface area (TPSA) is 42.0 Å². The molecule has 36 heavy (non-hydrogen) atoms. The van der Waals surface area contributed by atoms with Crippen molar-refractivity contribution in [2.75, 3.05) is 33.3 Å². The third-order valence-corrected chi connectivity index (χ3v) is 7.97. The Kier molecular flexibility index (Phi) is 7.49. The smallest absolute Gasteiger partial charge is 0.253 e. The number of methoxy groups -OCH3 is 1. The SMILES string of the molecule is COc1ccccc1Oc1cccc(CN2CCC3(CC2)CCN(C(=O)c2ccc(Cl)cc2)CC3)c1. The lowest BCUT2D eigenvalue weighted by Gasteiger charge is -2.47. The molecule has 0 aromatic heterocycles. The van der Waals surface area contributed by atoms with Crippen LogP contribution in [0.25, 0.3) is 0 Å². The molecule has 0 N–H and O–H groups in total. The summed E-state index contributed by atoms with van der Waals surface area (Å²) >= 11 is 5.97. The maximum absolute atomic E-state index is 12.9. The number of likely N-dealkylation sites (tertiary alicyclic amines) is 2. The summed E-state index contributed by atoms with van der Waals surface area (Å²) in [5.74, 6) is 2.39. The zero-order valence-electron chi connectivity index (χ0n) is 20.8. The average Bonchev–Trinajstić information content (AvgIpc) is 2.91. The molecule has 2 aliphatic rings. The molecule has 0 atom stereocenters. The van der Waals surface area contributed by atoms with Crippen molar-refractivity contribution in [1.82, 2.24) is 9.80 Å². The molecule has 0 unspecified atom stereocenters. The number of halogens is 1. The number of para-hydroxylation sites is 2. The van der Waals surface area contributed by atoms with Crippen LogP contribution in [0.2, 0.25) is 5.02 Å². The van der Waals surface area contributed by atoms with Gasteiger partial charge in [0, 0.05) is 30.2 Å². The van der Waals surface area contributed by atoms with Crippen LogP contribution in [-0.2, 0) is 6.54 Å². The number of carbonyl (C=O) groups excluding carboxylic acids is 1. The molecule has 5 rings (SSSR count). The van der Waals surface area contributed by atoms with Crippen LogP contribution in [-0.4, -0.2) is 49.0 Å². The maximum Gasteiger partial charge on any atom is 0.253 e. The van der Waals surface area contributed by atoms with E-state index < -0.39 is 0 Å². The Morgan fingerprint density at radius 3 is 2.22 bits per heavy atom. The summed E-state index contributed by atoms with van der Waals surface area (Å²) in [6.45, 7) is 4.76. The first-order chi connectivity index (χ1) is 17.5. The fourth-order valence-electron chi connectivity index (χ4n) is 5.44. The minimum Gasteiger partial charge on any atom is -0.493 e. The van der Waals surface area contributed by atoms with Crippen molar-refractivity contribution in [3.8, 4) is 17.2 Å². The second kappa shape index (κ2) is 10.9. The van der Waals surface area contributed by atoms with E-state index >= 15 is 0 Å². The summed E-state index contributed by atoms with van der Waals surface area (Å²) in [7, 11) is 1.66. The molecule has 0 saturated carbocycles. The standard InChI is InChI=1S/C30H33ClN2O3/c1-35-27-7-2-3-8-28(27)36-26-6-4-5-23(21-26)22-32-17-13-30(14-18-32)15-19-33(20-16-30)29(34)24-9-11-25(31)12-10-24/h2-12,21H,13-20,22H2,1H3. The molecule has 0 aliphatic carbocycles. The number of piperidine rings is 2. The molecule has 3 aromatic rings. The van der Waals surface area contributed by atoms with Gasteiger partial charge in [0.05, 0.1) is 7.11 Å². The summed E-state index contributed by atoms with van der Waals surface area (Å²) in [4.78, 5) is 17.4. The van der Waals surface area contributed by atoms with Crippen LogP contribution in [0, 0.1) is 5.41 Å². The summed E-state index contributed by atoms with van der Waals surface area (Å²) in [5.41, 5.74) is 2.34. The minimum atomic E-state index is 0.120. The molecule has 0 radical (unpaired) electrons. The highest BCUT2D eigenvalue weighted by Gasteiger charge is 2.38. The van der Waals surface area contributed by atoms with Crippen LogP contribution in [0.5, 0.6) is 17.2 Å². The monoisotopic (exact) mass is 504 g/mol. The Morgan fingerprint density at radius 1 is 0.861 bits per heavy atom. The molecule has 0 bridgehead atoms. The van der Waals surface area contributed by atoms with Crippen molar-refractivity contribution < 1.29 is 14.3 Å².